The summed E-state index contributed by atoms with van der Waals surface area (Å²) in [6.07, 6.45) is 3.82. The van der Waals surface area contributed by atoms with Crippen LogP contribution in [-0.2, 0) is 4.79 Å². The van der Waals surface area contributed by atoms with Crippen molar-refractivity contribution in [3.63, 3.8) is 0 Å². The maximum absolute atomic E-state index is 10.9. The number of hydrogen-bond acceptors (Lipinski definition) is 4. The largest absolute Gasteiger partial charge is 0.388 e. The third kappa shape index (κ3) is 10.9. The molecule has 0 saturated carbocycles. The summed E-state index contributed by atoms with van der Waals surface area (Å²) in [4.78, 5) is 12.3. The molecule has 29 heavy (non-hydrogen) atoms. The Kier molecular flexibility index (Phi) is 14.7. The number of aryl methyl sites for hydroxylation is 1. The summed E-state index contributed by atoms with van der Waals surface area (Å²) in [6.45, 7) is 10.2. The normalized spacial score (nSPS) is 11.4. The Morgan fingerprint density at radius 2 is 1.55 bits per heavy atom. The third-order valence-electron chi connectivity index (χ3n) is 4.18. The van der Waals surface area contributed by atoms with Gasteiger partial charge in [0.15, 0.2) is 0 Å². The number of allylic oxidation sites excluding steroid dienone is 2. The van der Waals surface area contributed by atoms with Crippen molar-refractivity contribution in [3.8, 4) is 11.1 Å². The van der Waals surface area contributed by atoms with E-state index in [-0.39, 0.29) is 12.8 Å². The van der Waals surface area contributed by atoms with Gasteiger partial charge in [-0.15, -0.1) is 11.8 Å². The first-order chi connectivity index (χ1) is 13.9. The summed E-state index contributed by atoms with van der Waals surface area (Å²) in [5.41, 5.74) is 5.74. The van der Waals surface area contributed by atoms with Gasteiger partial charge in [0.05, 0.1) is 6.10 Å². The number of rotatable bonds is 6. The van der Waals surface area contributed by atoms with Gasteiger partial charge in [-0.25, -0.2) is 5.48 Å². The van der Waals surface area contributed by atoms with Crippen LogP contribution in [0.3, 0.4) is 0 Å². The number of carbonyl (C=O) groups is 1. The molecule has 0 radical (unpaired) electrons. The van der Waals surface area contributed by atoms with Gasteiger partial charge < -0.3 is 5.11 Å². The van der Waals surface area contributed by atoms with Crippen LogP contribution in [-0.4, -0.2) is 22.5 Å². The van der Waals surface area contributed by atoms with Gasteiger partial charge in [-0.05, 0) is 55.0 Å². The Labute approximate surface area is 180 Å². The van der Waals surface area contributed by atoms with E-state index in [1.165, 1.54) is 10.5 Å². The van der Waals surface area contributed by atoms with Crippen molar-refractivity contribution in [1.82, 2.24) is 5.48 Å². The molecule has 3 N–H and O–H groups in total. The van der Waals surface area contributed by atoms with Gasteiger partial charge >= 0.3 is 0 Å². The number of carbonyl (C=O) groups excluding carboxylic acids is 1. The Morgan fingerprint density at radius 1 is 1.07 bits per heavy atom. The van der Waals surface area contributed by atoms with Crippen molar-refractivity contribution in [2.24, 2.45) is 0 Å². The van der Waals surface area contributed by atoms with Gasteiger partial charge in [-0.2, -0.15) is 0 Å². The standard InChI is InChI=1S/C17H19NO3.C5H10S.C2H6/c1-12-2-4-13(5-3-12)14-6-8-15(9-7-14)16(19)10-11-17(20)18-21;1-4-5(2)6-3;1-2/h2-9,16,19,21H,10-11H2,1H3,(H,18,20);4H,1-3H3;1-2H3/b;5-4+;/t16-;;/m1../s1. The molecule has 0 bridgehead atoms. The minimum Gasteiger partial charge on any atom is -0.388 e. The molecule has 0 unspecified atom stereocenters. The topological polar surface area (TPSA) is 69.6 Å². The van der Waals surface area contributed by atoms with E-state index in [2.05, 4.69) is 43.5 Å². The molecule has 2 aromatic carbocycles. The van der Waals surface area contributed by atoms with Gasteiger partial charge in [0, 0.05) is 6.42 Å². The van der Waals surface area contributed by atoms with Crippen molar-refractivity contribution < 1.29 is 15.1 Å². The van der Waals surface area contributed by atoms with E-state index in [0.717, 1.165) is 16.7 Å². The van der Waals surface area contributed by atoms with E-state index in [4.69, 9.17) is 5.21 Å². The SMILES string of the molecule is C/C=C(\C)SC.CC.Cc1ccc(-c2ccc([C@H](O)CCC(=O)NO)cc2)cc1. The smallest absolute Gasteiger partial charge is 0.243 e. The summed E-state index contributed by atoms with van der Waals surface area (Å²) in [5.74, 6) is -0.495. The maximum Gasteiger partial charge on any atom is 0.243 e. The minimum atomic E-state index is -0.714. The molecule has 0 aliphatic carbocycles. The number of amides is 1. The fourth-order valence-corrected chi connectivity index (χ4v) is 2.49. The predicted molar refractivity (Wildman–Crippen MR) is 125 cm³/mol. The highest BCUT2D eigenvalue weighted by molar-refractivity contribution is 8.02. The molecule has 2 aromatic rings. The molecule has 1 amide bonds. The second kappa shape index (κ2) is 15.8. The summed E-state index contributed by atoms with van der Waals surface area (Å²) in [7, 11) is 0. The lowest BCUT2D eigenvalue weighted by atomic mass is 9.99. The predicted octanol–water partition coefficient (Wildman–Crippen LogP) is 6.28. The van der Waals surface area contributed by atoms with Crippen LogP contribution >= 0.6 is 11.8 Å². The number of benzene rings is 2. The van der Waals surface area contributed by atoms with Crippen molar-refractivity contribution in [2.45, 2.75) is 53.6 Å². The van der Waals surface area contributed by atoms with Gasteiger partial charge in [-0.3, -0.25) is 10.0 Å². The van der Waals surface area contributed by atoms with E-state index in [1.807, 2.05) is 52.0 Å². The first-order valence-corrected chi connectivity index (χ1v) is 11.1. The van der Waals surface area contributed by atoms with Crippen LogP contribution in [0.25, 0.3) is 11.1 Å². The second-order valence-electron chi connectivity index (χ2n) is 6.18. The lowest BCUT2D eigenvalue weighted by molar-refractivity contribution is -0.129. The van der Waals surface area contributed by atoms with E-state index in [9.17, 15) is 9.90 Å². The average molecular weight is 418 g/mol. The molecule has 0 spiro atoms. The highest BCUT2D eigenvalue weighted by Crippen LogP contribution is 2.24. The second-order valence-corrected chi connectivity index (χ2v) is 7.23. The molecule has 2 rings (SSSR count). The summed E-state index contributed by atoms with van der Waals surface area (Å²) >= 11 is 1.79. The quantitative estimate of drug-likeness (QED) is 0.382. The van der Waals surface area contributed by atoms with Crippen LogP contribution in [0.15, 0.2) is 59.5 Å². The Bertz CT molecular complexity index is 725. The Hall–Kier alpha value is -2.08. The van der Waals surface area contributed by atoms with Crippen molar-refractivity contribution in [1.29, 1.82) is 0 Å². The van der Waals surface area contributed by atoms with E-state index in [0.29, 0.717) is 0 Å². The summed E-state index contributed by atoms with van der Waals surface area (Å²) < 4.78 is 0. The van der Waals surface area contributed by atoms with Crippen LogP contribution in [0.2, 0.25) is 0 Å². The van der Waals surface area contributed by atoms with Gasteiger partial charge in [0.2, 0.25) is 5.91 Å². The molecule has 0 aliphatic heterocycles. The molecule has 0 heterocycles. The fraction of sp³-hybridized carbons (Fsp3) is 0.375. The number of hydroxylamine groups is 1. The molecule has 1 atom stereocenters. The average Bonchev–Trinajstić information content (AvgIpc) is 2.79. The van der Waals surface area contributed by atoms with Crippen LogP contribution in [0.1, 0.15) is 57.8 Å². The lowest BCUT2D eigenvalue weighted by Crippen LogP contribution is -2.18. The number of aliphatic hydroxyl groups excluding tert-OH is 1. The fourth-order valence-electron chi connectivity index (χ4n) is 2.25. The highest BCUT2D eigenvalue weighted by Gasteiger charge is 2.10. The van der Waals surface area contributed by atoms with E-state index >= 15 is 0 Å². The minimum absolute atomic E-state index is 0.0807. The van der Waals surface area contributed by atoms with Crippen LogP contribution in [0.4, 0.5) is 0 Å². The monoisotopic (exact) mass is 417 g/mol. The molecular formula is C24H35NO3S. The molecule has 0 fully saturated rings. The zero-order valence-electron chi connectivity index (χ0n) is 18.4. The highest BCUT2D eigenvalue weighted by atomic mass is 32.2. The summed E-state index contributed by atoms with van der Waals surface area (Å²) in [5, 5.41) is 18.4. The first kappa shape index (κ1) is 26.9. The Balaban J connectivity index is 0.000000841. The first-order valence-electron chi connectivity index (χ1n) is 9.86. The number of nitrogens with one attached hydrogen (secondary N) is 1. The van der Waals surface area contributed by atoms with Crippen LogP contribution in [0.5, 0.6) is 0 Å². The van der Waals surface area contributed by atoms with Crippen LogP contribution in [0, 0.1) is 6.92 Å². The molecule has 0 aromatic heterocycles. The lowest BCUT2D eigenvalue weighted by Gasteiger charge is -2.11. The molecule has 160 valence electrons. The third-order valence-corrected chi connectivity index (χ3v) is 5.06. The maximum atomic E-state index is 10.9. The number of thioether (sulfide) groups is 1. The number of hydrogen-bond donors (Lipinski definition) is 3. The molecule has 4 nitrogen and oxygen atoms in total. The van der Waals surface area contributed by atoms with E-state index in [1.54, 1.807) is 17.2 Å². The van der Waals surface area contributed by atoms with Crippen molar-refractivity contribution in [2.75, 3.05) is 6.26 Å². The van der Waals surface area contributed by atoms with Crippen molar-refractivity contribution >= 4 is 17.7 Å². The summed E-state index contributed by atoms with van der Waals surface area (Å²) in [6, 6.07) is 15.9. The molecule has 5 heteroatoms. The zero-order valence-corrected chi connectivity index (χ0v) is 19.2. The Morgan fingerprint density at radius 3 is 1.93 bits per heavy atom. The zero-order chi connectivity index (χ0) is 22.2. The van der Waals surface area contributed by atoms with Gasteiger partial charge in [0.1, 0.15) is 0 Å². The van der Waals surface area contributed by atoms with Gasteiger partial charge in [0.25, 0.3) is 0 Å². The van der Waals surface area contributed by atoms with E-state index < -0.39 is 12.0 Å². The van der Waals surface area contributed by atoms with Crippen LogP contribution < -0.4 is 5.48 Å². The van der Waals surface area contributed by atoms with Gasteiger partial charge in [-0.1, -0.05) is 74.0 Å². The number of aliphatic hydroxyl groups is 1. The van der Waals surface area contributed by atoms with Crippen molar-refractivity contribution in [3.05, 3.63) is 70.6 Å². The molecule has 0 saturated heterocycles. The molecule has 0 aliphatic rings. The molecular weight excluding hydrogens is 382 g/mol.